The summed E-state index contributed by atoms with van der Waals surface area (Å²) in [5.74, 6) is 1.37. The molecule has 0 saturated heterocycles. The largest absolute Gasteiger partial charge is 0.490 e. The van der Waals surface area contributed by atoms with Crippen LogP contribution in [0.4, 0.5) is 0 Å². The molecule has 0 heterocycles. The Hall–Kier alpha value is -1.78. The third-order valence-electron chi connectivity index (χ3n) is 4.00. The van der Waals surface area contributed by atoms with E-state index in [1.807, 2.05) is 32.0 Å². The summed E-state index contributed by atoms with van der Waals surface area (Å²) in [4.78, 5) is 11.1. The first-order valence-corrected chi connectivity index (χ1v) is 7.70. The van der Waals surface area contributed by atoms with E-state index < -0.39 is 6.04 Å². The topological polar surface area (TPSA) is 61.6 Å². The van der Waals surface area contributed by atoms with Gasteiger partial charge in [0.15, 0.2) is 11.5 Å². The molecular weight excluding hydrogens is 270 g/mol. The Kier molecular flexibility index (Phi) is 5.42. The Morgan fingerprint density at radius 3 is 2.48 bits per heavy atom. The van der Waals surface area contributed by atoms with Gasteiger partial charge in [0.25, 0.3) is 0 Å². The zero-order valence-electron chi connectivity index (χ0n) is 12.7. The molecule has 0 bridgehead atoms. The first kappa shape index (κ1) is 15.6. The second-order valence-corrected chi connectivity index (χ2v) is 5.32. The maximum atomic E-state index is 11.3. The molecule has 1 aliphatic carbocycles. The van der Waals surface area contributed by atoms with Gasteiger partial charge in [-0.3, -0.25) is 10.1 Å². The Morgan fingerprint density at radius 2 is 1.81 bits per heavy atom. The number of nitro groups is 1. The number of ether oxygens (including phenoxy) is 2. The van der Waals surface area contributed by atoms with Gasteiger partial charge in [-0.15, -0.1) is 0 Å². The lowest BCUT2D eigenvalue weighted by Crippen LogP contribution is -2.30. The summed E-state index contributed by atoms with van der Waals surface area (Å²) < 4.78 is 11.2. The summed E-state index contributed by atoms with van der Waals surface area (Å²) in [6.07, 6.45) is 3.52. The first-order chi connectivity index (χ1) is 10.2. The van der Waals surface area contributed by atoms with E-state index >= 15 is 0 Å². The van der Waals surface area contributed by atoms with Crippen molar-refractivity contribution in [3.8, 4) is 11.5 Å². The van der Waals surface area contributed by atoms with E-state index in [4.69, 9.17) is 9.47 Å². The van der Waals surface area contributed by atoms with Crippen LogP contribution in [0.25, 0.3) is 0 Å². The van der Waals surface area contributed by atoms with Crippen LogP contribution in [-0.2, 0) is 0 Å². The zero-order chi connectivity index (χ0) is 15.2. The Bertz CT molecular complexity index is 489. The van der Waals surface area contributed by atoms with Crippen molar-refractivity contribution < 1.29 is 14.4 Å². The molecule has 1 aromatic rings. The summed E-state index contributed by atoms with van der Waals surface area (Å²) in [6.45, 7) is 4.96. The Labute approximate surface area is 125 Å². The highest BCUT2D eigenvalue weighted by atomic mass is 16.6. The standard InChI is InChI=1S/C16H23NO4/c1-3-20-15-10-9-12(11-16(15)21-4-2)13-7-5-6-8-14(13)17(18)19/h9-11,13-14H,3-8H2,1-2H3/t13-,14-/m0/s1. The molecular formula is C16H23NO4. The molecule has 0 aromatic heterocycles. The van der Waals surface area contributed by atoms with Crippen LogP contribution in [0.5, 0.6) is 11.5 Å². The SMILES string of the molecule is CCOc1ccc([C@@H]2CCCC[C@@H]2[N+](=O)[O-])cc1OCC. The summed E-state index contributed by atoms with van der Waals surface area (Å²) >= 11 is 0. The number of nitrogens with zero attached hydrogens (tertiary/aromatic N) is 1. The number of hydrogen-bond acceptors (Lipinski definition) is 4. The van der Waals surface area contributed by atoms with E-state index in [0.717, 1.165) is 24.8 Å². The van der Waals surface area contributed by atoms with E-state index in [0.29, 0.717) is 31.1 Å². The van der Waals surface area contributed by atoms with Gasteiger partial charge < -0.3 is 9.47 Å². The lowest BCUT2D eigenvalue weighted by atomic mass is 9.80. The number of hydrogen-bond donors (Lipinski definition) is 0. The van der Waals surface area contributed by atoms with Gasteiger partial charge >= 0.3 is 0 Å². The molecule has 0 amide bonds. The van der Waals surface area contributed by atoms with Gasteiger partial charge in [-0.2, -0.15) is 0 Å². The summed E-state index contributed by atoms with van der Waals surface area (Å²) in [6, 6.07) is 5.25. The van der Waals surface area contributed by atoms with Gasteiger partial charge in [-0.25, -0.2) is 0 Å². The molecule has 116 valence electrons. The predicted octanol–water partition coefficient (Wildman–Crippen LogP) is 3.79. The Balaban J connectivity index is 2.29. The van der Waals surface area contributed by atoms with Crippen LogP contribution in [0.15, 0.2) is 18.2 Å². The fourth-order valence-electron chi connectivity index (χ4n) is 3.05. The van der Waals surface area contributed by atoms with Crippen LogP contribution in [0.1, 0.15) is 51.0 Å². The minimum Gasteiger partial charge on any atom is -0.490 e. The van der Waals surface area contributed by atoms with E-state index in [-0.39, 0.29) is 10.8 Å². The van der Waals surface area contributed by atoms with Crippen molar-refractivity contribution >= 4 is 0 Å². The zero-order valence-corrected chi connectivity index (χ0v) is 12.7. The molecule has 0 spiro atoms. The van der Waals surface area contributed by atoms with Gasteiger partial charge in [0.1, 0.15) is 0 Å². The summed E-state index contributed by atoms with van der Waals surface area (Å²) in [5.41, 5.74) is 0.989. The van der Waals surface area contributed by atoms with Crippen LogP contribution < -0.4 is 9.47 Å². The van der Waals surface area contributed by atoms with Crippen LogP contribution in [0.3, 0.4) is 0 Å². The smallest absolute Gasteiger partial charge is 0.219 e. The van der Waals surface area contributed by atoms with E-state index in [1.54, 1.807) is 0 Å². The molecule has 0 radical (unpaired) electrons. The van der Waals surface area contributed by atoms with E-state index in [9.17, 15) is 10.1 Å². The molecule has 5 nitrogen and oxygen atoms in total. The maximum Gasteiger partial charge on any atom is 0.219 e. The fraction of sp³-hybridized carbons (Fsp3) is 0.625. The van der Waals surface area contributed by atoms with E-state index in [2.05, 4.69) is 0 Å². The van der Waals surface area contributed by atoms with Crippen molar-refractivity contribution in [1.29, 1.82) is 0 Å². The average molecular weight is 293 g/mol. The third kappa shape index (κ3) is 3.65. The average Bonchev–Trinajstić information content (AvgIpc) is 2.49. The molecule has 1 fully saturated rings. The minimum absolute atomic E-state index is 0.0244. The van der Waals surface area contributed by atoms with Gasteiger partial charge in [0, 0.05) is 11.3 Å². The first-order valence-electron chi connectivity index (χ1n) is 7.70. The van der Waals surface area contributed by atoms with Gasteiger partial charge in [-0.1, -0.05) is 12.5 Å². The molecule has 1 saturated carbocycles. The molecule has 2 rings (SSSR count). The molecule has 5 heteroatoms. The highest BCUT2D eigenvalue weighted by Crippen LogP contribution is 2.38. The van der Waals surface area contributed by atoms with Gasteiger partial charge in [-0.05, 0) is 44.4 Å². The summed E-state index contributed by atoms with van der Waals surface area (Å²) in [5, 5.41) is 11.3. The maximum absolute atomic E-state index is 11.3. The van der Waals surface area contributed by atoms with Crippen LogP contribution in [-0.4, -0.2) is 24.2 Å². The van der Waals surface area contributed by atoms with Crippen LogP contribution in [0, 0.1) is 10.1 Å². The number of benzene rings is 1. The molecule has 1 aliphatic rings. The highest BCUT2D eigenvalue weighted by Gasteiger charge is 2.35. The monoisotopic (exact) mass is 293 g/mol. The van der Waals surface area contributed by atoms with Crippen molar-refractivity contribution in [3.63, 3.8) is 0 Å². The van der Waals surface area contributed by atoms with Crippen molar-refractivity contribution in [1.82, 2.24) is 0 Å². The molecule has 21 heavy (non-hydrogen) atoms. The summed E-state index contributed by atoms with van der Waals surface area (Å²) in [7, 11) is 0. The second kappa shape index (κ2) is 7.29. The molecule has 2 atom stereocenters. The van der Waals surface area contributed by atoms with Crippen LogP contribution >= 0.6 is 0 Å². The normalized spacial score (nSPS) is 21.8. The second-order valence-electron chi connectivity index (χ2n) is 5.32. The van der Waals surface area contributed by atoms with Crippen molar-refractivity contribution in [2.45, 2.75) is 51.5 Å². The predicted molar refractivity (Wildman–Crippen MR) is 80.8 cm³/mol. The van der Waals surface area contributed by atoms with Crippen molar-refractivity contribution in [2.75, 3.05) is 13.2 Å². The van der Waals surface area contributed by atoms with E-state index in [1.165, 1.54) is 0 Å². The fourth-order valence-corrected chi connectivity index (χ4v) is 3.05. The van der Waals surface area contributed by atoms with Gasteiger partial charge in [0.2, 0.25) is 6.04 Å². The Morgan fingerprint density at radius 1 is 1.14 bits per heavy atom. The molecule has 0 unspecified atom stereocenters. The highest BCUT2D eigenvalue weighted by molar-refractivity contribution is 5.44. The van der Waals surface area contributed by atoms with Gasteiger partial charge in [0.05, 0.1) is 19.1 Å². The number of rotatable bonds is 6. The minimum atomic E-state index is -0.480. The van der Waals surface area contributed by atoms with Crippen LogP contribution in [0.2, 0.25) is 0 Å². The molecule has 0 aliphatic heterocycles. The van der Waals surface area contributed by atoms with Crippen molar-refractivity contribution in [3.05, 3.63) is 33.9 Å². The molecule has 0 N–H and O–H groups in total. The third-order valence-corrected chi connectivity index (χ3v) is 4.00. The quantitative estimate of drug-likeness (QED) is 0.591. The lowest BCUT2D eigenvalue weighted by molar-refractivity contribution is -0.530. The lowest BCUT2D eigenvalue weighted by Gasteiger charge is -2.26. The molecule has 1 aromatic carbocycles. The van der Waals surface area contributed by atoms with Crippen molar-refractivity contribution in [2.24, 2.45) is 0 Å².